The lowest BCUT2D eigenvalue weighted by Gasteiger charge is -2.50. The second kappa shape index (κ2) is 8.57. The molecule has 1 spiro atoms. The Morgan fingerprint density at radius 1 is 1.21 bits per heavy atom. The van der Waals surface area contributed by atoms with Crippen LogP contribution in [0.25, 0.3) is 0 Å². The van der Waals surface area contributed by atoms with E-state index in [4.69, 9.17) is 4.74 Å². The van der Waals surface area contributed by atoms with Crippen molar-refractivity contribution in [2.75, 3.05) is 6.61 Å². The van der Waals surface area contributed by atoms with Crippen LogP contribution in [-0.4, -0.2) is 23.3 Å². The molecule has 156 valence electrons. The number of epoxide rings is 1. The van der Waals surface area contributed by atoms with Crippen molar-refractivity contribution in [1.82, 2.24) is 0 Å². The molecule has 3 nitrogen and oxygen atoms in total. The SMILES string of the molecule is CC(C)=CCC[C@]1(C(=O)O)[C@H]2C/C=C(\C)CC/C=C(\C)CC[C@H]1[C@@]1(CC2)CO1. The monoisotopic (exact) mass is 386 g/mol. The number of carboxylic acid groups (broad SMARTS) is 1. The number of aliphatic carboxylic acids is 1. The van der Waals surface area contributed by atoms with Crippen LogP contribution in [0.15, 0.2) is 34.9 Å². The van der Waals surface area contributed by atoms with Gasteiger partial charge in [0, 0.05) is 5.92 Å². The maximum atomic E-state index is 12.9. The Kier molecular flexibility index (Phi) is 6.54. The predicted octanol–water partition coefficient (Wildman–Crippen LogP) is 6.46. The molecular formula is C25H38O3. The highest BCUT2D eigenvalue weighted by Crippen LogP contribution is 2.61. The van der Waals surface area contributed by atoms with Gasteiger partial charge in [0.15, 0.2) is 0 Å². The topological polar surface area (TPSA) is 49.8 Å². The smallest absolute Gasteiger partial charge is 0.310 e. The van der Waals surface area contributed by atoms with Crippen molar-refractivity contribution in [2.45, 2.75) is 91.1 Å². The van der Waals surface area contributed by atoms with E-state index in [0.29, 0.717) is 0 Å². The van der Waals surface area contributed by atoms with E-state index in [0.717, 1.165) is 64.4 Å². The minimum Gasteiger partial charge on any atom is -0.481 e. The van der Waals surface area contributed by atoms with E-state index in [1.807, 2.05) is 0 Å². The molecule has 1 aliphatic heterocycles. The van der Waals surface area contributed by atoms with E-state index in [1.54, 1.807) is 0 Å². The van der Waals surface area contributed by atoms with Gasteiger partial charge in [-0.15, -0.1) is 0 Å². The van der Waals surface area contributed by atoms with Crippen LogP contribution < -0.4 is 0 Å². The Labute approximate surface area is 170 Å². The number of rotatable bonds is 4. The molecule has 3 rings (SSSR count). The van der Waals surface area contributed by atoms with Crippen molar-refractivity contribution in [3.05, 3.63) is 34.9 Å². The molecule has 2 bridgehead atoms. The summed E-state index contributed by atoms with van der Waals surface area (Å²) in [5.41, 5.74) is 3.20. The van der Waals surface area contributed by atoms with Crippen LogP contribution in [-0.2, 0) is 9.53 Å². The van der Waals surface area contributed by atoms with Crippen LogP contribution in [0.1, 0.15) is 85.5 Å². The van der Waals surface area contributed by atoms with Gasteiger partial charge in [-0.3, -0.25) is 4.79 Å². The summed E-state index contributed by atoms with van der Waals surface area (Å²) in [6, 6.07) is 0. The fourth-order valence-electron chi connectivity index (χ4n) is 5.77. The van der Waals surface area contributed by atoms with Gasteiger partial charge in [0.1, 0.15) is 0 Å². The average molecular weight is 387 g/mol. The van der Waals surface area contributed by atoms with Gasteiger partial charge in [0.25, 0.3) is 0 Å². The largest absolute Gasteiger partial charge is 0.481 e. The van der Waals surface area contributed by atoms with Crippen LogP contribution in [0.2, 0.25) is 0 Å². The molecule has 2 fully saturated rings. The van der Waals surface area contributed by atoms with Gasteiger partial charge in [-0.05, 0) is 91.4 Å². The fourth-order valence-corrected chi connectivity index (χ4v) is 5.77. The molecule has 2 aliphatic carbocycles. The lowest BCUT2D eigenvalue weighted by molar-refractivity contribution is -0.167. The summed E-state index contributed by atoms with van der Waals surface area (Å²) < 4.78 is 6.02. The van der Waals surface area contributed by atoms with Crippen LogP contribution in [0, 0.1) is 17.3 Å². The summed E-state index contributed by atoms with van der Waals surface area (Å²) in [6.07, 6.45) is 15.4. The zero-order chi connectivity index (χ0) is 20.4. The van der Waals surface area contributed by atoms with Gasteiger partial charge in [0.05, 0.1) is 17.6 Å². The van der Waals surface area contributed by atoms with Gasteiger partial charge < -0.3 is 9.84 Å². The molecule has 3 aliphatic rings. The standard InChI is InChI=1S/C25H38O3/c1-18(2)7-6-15-25(23(26)27)21-12-10-19(3)8-5-9-20(4)11-13-22(25)24(16-14-21)17-28-24/h7,9-10,21-22H,5-6,8,11-17H2,1-4H3,(H,26,27)/b19-10+,20-9+/t21-,22-,24+,25-/m0/s1. The Balaban J connectivity index is 2.02. The first-order valence-corrected chi connectivity index (χ1v) is 11.1. The summed E-state index contributed by atoms with van der Waals surface area (Å²) in [6.45, 7) is 9.35. The van der Waals surface area contributed by atoms with Gasteiger partial charge in [0.2, 0.25) is 0 Å². The minimum atomic E-state index is -0.684. The number of fused-ring (bicyclic) bond motifs is 3. The zero-order valence-electron chi connectivity index (χ0n) is 18.2. The molecule has 0 amide bonds. The molecule has 0 aromatic heterocycles. The second-order valence-corrected chi connectivity index (χ2v) is 9.72. The molecule has 0 radical (unpaired) electrons. The highest BCUT2D eigenvalue weighted by atomic mass is 16.6. The molecular weight excluding hydrogens is 348 g/mol. The molecule has 0 aromatic rings. The zero-order valence-corrected chi connectivity index (χ0v) is 18.2. The lowest BCUT2D eigenvalue weighted by atomic mass is 9.52. The number of carbonyl (C=O) groups is 1. The Morgan fingerprint density at radius 2 is 1.93 bits per heavy atom. The van der Waals surface area contributed by atoms with Crippen molar-refractivity contribution in [3.63, 3.8) is 0 Å². The minimum absolute atomic E-state index is 0.110. The predicted molar refractivity (Wildman–Crippen MR) is 114 cm³/mol. The molecule has 1 N–H and O–H groups in total. The number of ether oxygens (including phenoxy) is 1. The van der Waals surface area contributed by atoms with Crippen molar-refractivity contribution < 1.29 is 14.6 Å². The summed E-state index contributed by atoms with van der Waals surface area (Å²) in [5, 5.41) is 10.6. The fraction of sp³-hybridized carbons (Fsp3) is 0.720. The first-order chi connectivity index (χ1) is 13.3. The number of hydrogen-bond donors (Lipinski definition) is 1. The van der Waals surface area contributed by atoms with E-state index < -0.39 is 11.4 Å². The summed E-state index contributed by atoms with van der Waals surface area (Å²) in [4.78, 5) is 12.9. The molecule has 0 unspecified atom stereocenters. The third-order valence-electron chi connectivity index (χ3n) is 7.53. The van der Waals surface area contributed by atoms with Gasteiger partial charge in [-0.2, -0.15) is 0 Å². The van der Waals surface area contributed by atoms with Gasteiger partial charge >= 0.3 is 5.97 Å². The van der Waals surface area contributed by atoms with E-state index in [-0.39, 0.29) is 17.4 Å². The quantitative estimate of drug-likeness (QED) is 0.446. The Bertz CT molecular complexity index is 676. The van der Waals surface area contributed by atoms with Crippen LogP contribution in [0.5, 0.6) is 0 Å². The third kappa shape index (κ3) is 4.30. The van der Waals surface area contributed by atoms with Crippen LogP contribution in [0.4, 0.5) is 0 Å². The molecule has 1 heterocycles. The van der Waals surface area contributed by atoms with Crippen LogP contribution in [0.3, 0.4) is 0 Å². The van der Waals surface area contributed by atoms with E-state index in [9.17, 15) is 9.90 Å². The van der Waals surface area contributed by atoms with Crippen molar-refractivity contribution in [2.24, 2.45) is 17.3 Å². The molecule has 1 saturated heterocycles. The summed E-state index contributed by atoms with van der Waals surface area (Å²) in [7, 11) is 0. The van der Waals surface area contributed by atoms with Crippen molar-refractivity contribution in [1.29, 1.82) is 0 Å². The van der Waals surface area contributed by atoms with Crippen molar-refractivity contribution in [3.8, 4) is 0 Å². The Morgan fingerprint density at radius 3 is 2.57 bits per heavy atom. The number of allylic oxidation sites excluding steroid dienone is 6. The van der Waals surface area contributed by atoms with E-state index >= 15 is 0 Å². The van der Waals surface area contributed by atoms with Gasteiger partial charge in [-0.1, -0.05) is 34.9 Å². The van der Waals surface area contributed by atoms with E-state index in [1.165, 1.54) is 16.7 Å². The molecule has 4 atom stereocenters. The molecule has 3 heteroatoms. The first kappa shape index (κ1) is 21.4. The number of carboxylic acids is 1. The summed E-state index contributed by atoms with van der Waals surface area (Å²) >= 11 is 0. The summed E-state index contributed by atoms with van der Waals surface area (Å²) in [5.74, 6) is -0.281. The second-order valence-electron chi connectivity index (χ2n) is 9.72. The van der Waals surface area contributed by atoms with Gasteiger partial charge in [-0.25, -0.2) is 0 Å². The molecule has 28 heavy (non-hydrogen) atoms. The molecule has 1 saturated carbocycles. The Hall–Kier alpha value is -1.35. The van der Waals surface area contributed by atoms with E-state index in [2.05, 4.69) is 45.9 Å². The van der Waals surface area contributed by atoms with Crippen molar-refractivity contribution >= 4 is 5.97 Å². The number of hydrogen-bond acceptors (Lipinski definition) is 2. The highest BCUT2D eigenvalue weighted by Gasteiger charge is 2.66. The molecule has 0 aromatic carbocycles. The lowest BCUT2D eigenvalue weighted by Crippen LogP contribution is -2.54. The first-order valence-electron chi connectivity index (χ1n) is 11.1. The maximum Gasteiger partial charge on any atom is 0.310 e. The average Bonchev–Trinajstić information content (AvgIpc) is 3.39. The normalized spacial score (nSPS) is 39.6. The van der Waals surface area contributed by atoms with Crippen LogP contribution >= 0.6 is 0 Å². The third-order valence-corrected chi connectivity index (χ3v) is 7.53. The highest BCUT2D eigenvalue weighted by molar-refractivity contribution is 5.76. The maximum absolute atomic E-state index is 12.9.